The molecule has 2 amide bonds. The minimum atomic E-state index is -0.229. The highest BCUT2D eigenvalue weighted by Crippen LogP contribution is 2.40. The maximum Gasteiger partial charge on any atom is 0.315 e. The van der Waals surface area contributed by atoms with Gasteiger partial charge in [-0.2, -0.15) is 0 Å². The van der Waals surface area contributed by atoms with Crippen LogP contribution in [0.25, 0.3) is 0 Å². The molecule has 1 heterocycles. The van der Waals surface area contributed by atoms with Crippen molar-refractivity contribution >= 4 is 6.03 Å². The summed E-state index contributed by atoms with van der Waals surface area (Å²) in [6, 6.07) is 12.0. The minimum Gasteiger partial charge on any atom is -0.335 e. The minimum absolute atomic E-state index is 0.142. The molecule has 2 unspecified atom stereocenters. The second-order valence-corrected chi connectivity index (χ2v) is 6.13. The molecule has 3 rings (SSSR count). The number of pyridine rings is 1. The van der Waals surface area contributed by atoms with Crippen LogP contribution in [0, 0.1) is 13.8 Å². The summed E-state index contributed by atoms with van der Waals surface area (Å²) in [5, 5.41) is 5.73. The molecule has 120 valence electrons. The fourth-order valence-corrected chi connectivity index (χ4v) is 2.91. The van der Waals surface area contributed by atoms with Gasteiger partial charge in [-0.05, 0) is 37.5 Å². The summed E-state index contributed by atoms with van der Waals surface area (Å²) in [6.07, 6.45) is 0.960. The van der Waals surface area contributed by atoms with E-state index < -0.39 is 0 Å². The number of hydrogen-bond acceptors (Lipinski definition) is 2. The first-order valence-electron chi connectivity index (χ1n) is 7.83. The molecule has 5 nitrogen and oxygen atoms in total. The molecule has 1 aliphatic carbocycles. The van der Waals surface area contributed by atoms with Gasteiger partial charge in [0.05, 0.1) is 6.54 Å². The lowest BCUT2D eigenvalue weighted by Crippen LogP contribution is -2.38. The van der Waals surface area contributed by atoms with Gasteiger partial charge in [-0.3, -0.25) is 4.79 Å². The van der Waals surface area contributed by atoms with Crippen LogP contribution in [0.15, 0.2) is 41.2 Å². The van der Waals surface area contributed by atoms with Crippen molar-refractivity contribution in [3.8, 4) is 0 Å². The van der Waals surface area contributed by atoms with E-state index in [1.807, 2.05) is 38.1 Å². The van der Waals surface area contributed by atoms with Gasteiger partial charge in [-0.1, -0.05) is 30.3 Å². The van der Waals surface area contributed by atoms with Gasteiger partial charge in [0.15, 0.2) is 0 Å². The van der Waals surface area contributed by atoms with Gasteiger partial charge in [0.25, 0.3) is 5.56 Å². The Hall–Kier alpha value is -2.56. The van der Waals surface area contributed by atoms with Crippen molar-refractivity contribution in [3.63, 3.8) is 0 Å². The van der Waals surface area contributed by atoms with Crippen molar-refractivity contribution in [3.05, 3.63) is 69.1 Å². The molecule has 0 bridgehead atoms. The smallest absolute Gasteiger partial charge is 0.315 e. The Morgan fingerprint density at radius 1 is 1.26 bits per heavy atom. The number of carbonyl (C=O) groups excluding carboxylic acids is 1. The number of rotatable bonds is 4. The molecule has 1 aromatic heterocycles. The molecule has 23 heavy (non-hydrogen) atoms. The molecular weight excluding hydrogens is 290 g/mol. The lowest BCUT2D eigenvalue weighted by atomic mass is 10.1. The van der Waals surface area contributed by atoms with E-state index in [0.717, 1.165) is 17.7 Å². The molecule has 1 saturated carbocycles. The Kier molecular flexibility index (Phi) is 4.19. The van der Waals surface area contributed by atoms with Crippen LogP contribution in [-0.4, -0.2) is 17.1 Å². The van der Waals surface area contributed by atoms with Crippen molar-refractivity contribution in [2.24, 2.45) is 0 Å². The highest BCUT2D eigenvalue weighted by Gasteiger charge is 2.39. The van der Waals surface area contributed by atoms with Crippen molar-refractivity contribution in [1.29, 1.82) is 0 Å². The monoisotopic (exact) mass is 311 g/mol. The third kappa shape index (κ3) is 3.62. The van der Waals surface area contributed by atoms with Crippen LogP contribution in [0.4, 0.5) is 4.79 Å². The fourth-order valence-electron chi connectivity index (χ4n) is 2.91. The van der Waals surface area contributed by atoms with E-state index >= 15 is 0 Å². The van der Waals surface area contributed by atoms with Crippen molar-refractivity contribution in [2.75, 3.05) is 0 Å². The Bertz CT molecular complexity index is 768. The van der Waals surface area contributed by atoms with Crippen LogP contribution >= 0.6 is 0 Å². The normalized spacial score (nSPS) is 19.2. The summed E-state index contributed by atoms with van der Waals surface area (Å²) in [7, 11) is 0. The summed E-state index contributed by atoms with van der Waals surface area (Å²) in [6.45, 7) is 3.95. The molecule has 3 N–H and O–H groups in total. The number of aromatic amines is 1. The third-order valence-electron chi connectivity index (χ3n) is 4.25. The molecule has 0 saturated heterocycles. The summed E-state index contributed by atoms with van der Waals surface area (Å²) in [5.41, 5.74) is 3.42. The van der Waals surface area contributed by atoms with Gasteiger partial charge in [0, 0.05) is 23.2 Å². The number of hydrogen-bond donors (Lipinski definition) is 3. The van der Waals surface area contributed by atoms with Crippen LogP contribution in [0.2, 0.25) is 0 Å². The van der Waals surface area contributed by atoms with E-state index in [4.69, 9.17) is 0 Å². The van der Waals surface area contributed by atoms with Gasteiger partial charge < -0.3 is 15.6 Å². The predicted molar refractivity (Wildman–Crippen MR) is 89.5 cm³/mol. The molecule has 0 radical (unpaired) electrons. The van der Waals surface area contributed by atoms with E-state index in [1.165, 1.54) is 5.56 Å². The van der Waals surface area contributed by atoms with Gasteiger partial charge in [0.1, 0.15) is 0 Å². The molecular formula is C18H21N3O2. The molecule has 2 aromatic rings. The van der Waals surface area contributed by atoms with Crippen LogP contribution in [0.1, 0.15) is 34.7 Å². The van der Waals surface area contributed by atoms with E-state index in [0.29, 0.717) is 11.5 Å². The number of benzene rings is 1. The Labute approximate surface area is 135 Å². The number of aromatic nitrogens is 1. The number of amides is 2. The average molecular weight is 311 g/mol. The molecule has 1 aliphatic rings. The van der Waals surface area contributed by atoms with Crippen molar-refractivity contribution in [2.45, 2.75) is 38.8 Å². The fraction of sp³-hybridized carbons (Fsp3) is 0.333. The zero-order valence-corrected chi connectivity index (χ0v) is 13.3. The first-order chi connectivity index (χ1) is 11.0. The van der Waals surface area contributed by atoms with E-state index in [-0.39, 0.29) is 24.2 Å². The van der Waals surface area contributed by atoms with Crippen LogP contribution in [0.5, 0.6) is 0 Å². The van der Waals surface area contributed by atoms with Gasteiger partial charge >= 0.3 is 6.03 Å². The number of urea groups is 1. The lowest BCUT2D eigenvalue weighted by Gasteiger charge is -2.09. The Balaban J connectivity index is 1.53. The maximum absolute atomic E-state index is 12.0. The number of aryl methyl sites for hydroxylation is 2. The highest BCUT2D eigenvalue weighted by molar-refractivity contribution is 5.75. The lowest BCUT2D eigenvalue weighted by molar-refractivity contribution is 0.240. The van der Waals surface area contributed by atoms with Gasteiger partial charge in [-0.15, -0.1) is 0 Å². The maximum atomic E-state index is 12.0. The SMILES string of the molecule is Cc1cc(C)c(CNC(=O)NC2CC2c2ccccc2)c(=O)[nH]1. The number of nitrogens with one attached hydrogen (secondary N) is 3. The number of carbonyl (C=O) groups is 1. The highest BCUT2D eigenvalue weighted by atomic mass is 16.2. The topological polar surface area (TPSA) is 74.0 Å². The van der Waals surface area contributed by atoms with E-state index in [2.05, 4.69) is 27.8 Å². The second-order valence-electron chi connectivity index (χ2n) is 6.13. The van der Waals surface area contributed by atoms with E-state index in [1.54, 1.807) is 0 Å². The molecule has 0 aliphatic heterocycles. The third-order valence-corrected chi connectivity index (χ3v) is 4.25. The standard InChI is InChI=1S/C18H21N3O2/c1-11-8-12(2)20-17(22)15(11)10-19-18(23)21-16-9-14(16)13-6-4-3-5-7-13/h3-8,14,16H,9-10H2,1-2H3,(H,20,22)(H2,19,21,23). The number of H-pyrrole nitrogens is 1. The van der Waals surface area contributed by atoms with Crippen LogP contribution in [-0.2, 0) is 6.54 Å². The first-order valence-corrected chi connectivity index (χ1v) is 7.83. The molecule has 5 heteroatoms. The molecule has 1 aromatic carbocycles. The second kappa shape index (κ2) is 6.28. The average Bonchev–Trinajstić information content (AvgIpc) is 3.26. The predicted octanol–water partition coefficient (Wildman–Crippen LogP) is 2.35. The molecule has 0 spiro atoms. The molecule has 1 fully saturated rings. The Morgan fingerprint density at radius 3 is 2.70 bits per heavy atom. The van der Waals surface area contributed by atoms with E-state index in [9.17, 15) is 9.59 Å². The van der Waals surface area contributed by atoms with Gasteiger partial charge in [-0.25, -0.2) is 4.79 Å². The zero-order valence-electron chi connectivity index (χ0n) is 13.3. The summed E-state index contributed by atoms with van der Waals surface area (Å²) >= 11 is 0. The summed E-state index contributed by atoms with van der Waals surface area (Å²) < 4.78 is 0. The first kappa shape index (κ1) is 15.3. The summed E-state index contributed by atoms with van der Waals surface area (Å²) in [5.74, 6) is 0.395. The quantitative estimate of drug-likeness (QED) is 0.811. The largest absolute Gasteiger partial charge is 0.335 e. The Morgan fingerprint density at radius 2 is 2.00 bits per heavy atom. The van der Waals surface area contributed by atoms with Gasteiger partial charge in [0.2, 0.25) is 0 Å². The zero-order chi connectivity index (χ0) is 16.4. The summed E-state index contributed by atoms with van der Waals surface area (Å²) in [4.78, 5) is 26.7. The molecule has 2 atom stereocenters. The van der Waals surface area contributed by atoms with Crippen LogP contribution in [0.3, 0.4) is 0 Å². The van der Waals surface area contributed by atoms with Crippen molar-refractivity contribution < 1.29 is 4.79 Å². The van der Waals surface area contributed by atoms with Crippen LogP contribution < -0.4 is 16.2 Å². The van der Waals surface area contributed by atoms with Crippen molar-refractivity contribution in [1.82, 2.24) is 15.6 Å².